The molecule has 0 atom stereocenters. The molecule has 0 radical (unpaired) electrons. The zero-order chi connectivity index (χ0) is 24.7. The van der Waals surface area contributed by atoms with E-state index in [0.717, 1.165) is 33.8 Å². The number of rotatable bonds is 8. The van der Waals surface area contributed by atoms with Crippen LogP contribution in [0.1, 0.15) is 16.1 Å². The van der Waals surface area contributed by atoms with Gasteiger partial charge in [-0.1, -0.05) is 60.7 Å². The lowest BCUT2D eigenvalue weighted by Gasteiger charge is -2.10. The minimum atomic E-state index is -1.08. The van der Waals surface area contributed by atoms with Gasteiger partial charge in [0.25, 0.3) is 0 Å². The topological polar surface area (TPSA) is 68.7 Å². The van der Waals surface area contributed by atoms with Gasteiger partial charge in [-0.2, -0.15) is 0 Å². The molecule has 0 saturated heterocycles. The Kier molecular flexibility index (Phi) is 6.72. The van der Waals surface area contributed by atoms with E-state index in [1.54, 1.807) is 6.07 Å². The van der Waals surface area contributed by atoms with Crippen molar-refractivity contribution in [3.63, 3.8) is 0 Å². The summed E-state index contributed by atoms with van der Waals surface area (Å²) in [4.78, 5) is 16.2. The Hall–Kier alpha value is -4.90. The molecule has 1 heterocycles. The summed E-state index contributed by atoms with van der Waals surface area (Å²) in [5.74, 6) is 1.10. The number of hydrogen-bond acceptors (Lipinski definition) is 4. The number of hydrogen-bond donors (Lipinski definition) is 1. The summed E-state index contributed by atoms with van der Waals surface area (Å²) in [6, 6.07) is 38.0. The van der Waals surface area contributed by atoms with E-state index in [1.807, 2.05) is 115 Å². The van der Waals surface area contributed by atoms with Gasteiger partial charge in [0.15, 0.2) is 0 Å². The predicted molar refractivity (Wildman–Crippen MR) is 139 cm³/mol. The summed E-state index contributed by atoms with van der Waals surface area (Å²) in [5, 5.41) is 9.66. The van der Waals surface area contributed by atoms with E-state index in [1.165, 1.54) is 0 Å². The normalized spacial score (nSPS) is 10.6. The molecule has 1 aromatic heterocycles. The van der Waals surface area contributed by atoms with Crippen molar-refractivity contribution in [3.8, 4) is 39.6 Å². The summed E-state index contributed by atoms with van der Waals surface area (Å²) >= 11 is 0. The van der Waals surface area contributed by atoms with Crippen LogP contribution in [0.4, 0.5) is 0 Å². The Morgan fingerprint density at radius 3 is 1.89 bits per heavy atom. The molecule has 0 aliphatic heterocycles. The molecule has 176 valence electrons. The molecule has 5 heteroatoms. The van der Waals surface area contributed by atoms with Crippen LogP contribution < -0.4 is 9.47 Å². The number of ether oxygens (including phenoxy) is 2. The highest BCUT2D eigenvalue weighted by Gasteiger charge is 2.12. The molecular weight excluding hydrogens is 450 g/mol. The van der Waals surface area contributed by atoms with Crippen molar-refractivity contribution >= 4 is 5.97 Å². The van der Waals surface area contributed by atoms with Crippen molar-refractivity contribution < 1.29 is 19.4 Å². The number of nitrogens with zero attached hydrogens (tertiary/aromatic N) is 1. The summed E-state index contributed by atoms with van der Waals surface area (Å²) in [7, 11) is 0. The van der Waals surface area contributed by atoms with Crippen molar-refractivity contribution in [2.75, 3.05) is 0 Å². The molecule has 0 unspecified atom stereocenters. The summed E-state index contributed by atoms with van der Waals surface area (Å²) in [5.41, 5.74) is 4.07. The molecule has 0 spiro atoms. The molecule has 0 aliphatic rings. The van der Waals surface area contributed by atoms with Crippen molar-refractivity contribution in [2.24, 2.45) is 0 Å². The van der Waals surface area contributed by atoms with Gasteiger partial charge in [0.1, 0.15) is 29.5 Å². The van der Waals surface area contributed by atoms with Crippen LogP contribution in [0.2, 0.25) is 0 Å². The predicted octanol–water partition coefficient (Wildman–Crippen LogP) is 7.49. The summed E-state index contributed by atoms with van der Waals surface area (Å²) in [6.07, 6.45) is 0. The monoisotopic (exact) mass is 473 g/mol. The fourth-order valence-corrected chi connectivity index (χ4v) is 3.76. The Bertz CT molecular complexity index is 1450. The number of carbonyl (C=O) groups is 1. The second-order valence-electron chi connectivity index (χ2n) is 8.17. The van der Waals surface area contributed by atoms with E-state index in [9.17, 15) is 9.90 Å². The molecule has 1 N–H and O–H groups in total. The first-order valence-corrected chi connectivity index (χ1v) is 11.5. The van der Waals surface area contributed by atoms with Crippen LogP contribution in [-0.4, -0.2) is 16.1 Å². The van der Waals surface area contributed by atoms with Gasteiger partial charge in [-0.25, -0.2) is 9.78 Å². The second kappa shape index (κ2) is 10.6. The Balaban J connectivity index is 1.37. The quantitative estimate of drug-likeness (QED) is 0.253. The molecule has 0 bridgehead atoms. The number of carboxylic acids is 1. The molecule has 0 aliphatic carbocycles. The molecule has 0 amide bonds. The molecule has 36 heavy (non-hydrogen) atoms. The van der Waals surface area contributed by atoms with Crippen molar-refractivity contribution in [1.82, 2.24) is 4.98 Å². The fourth-order valence-electron chi connectivity index (χ4n) is 3.76. The van der Waals surface area contributed by atoms with Crippen LogP contribution in [0.25, 0.3) is 22.4 Å². The van der Waals surface area contributed by atoms with E-state index in [0.29, 0.717) is 18.1 Å². The van der Waals surface area contributed by atoms with Crippen LogP contribution in [-0.2, 0) is 6.61 Å². The van der Waals surface area contributed by atoms with Crippen LogP contribution in [0.3, 0.4) is 0 Å². The number of para-hydroxylation sites is 1. The third-order valence-electron chi connectivity index (χ3n) is 5.61. The van der Waals surface area contributed by atoms with Gasteiger partial charge >= 0.3 is 5.97 Å². The van der Waals surface area contributed by atoms with Gasteiger partial charge in [-0.05, 0) is 77.4 Å². The fraction of sp³-hybridized carbons (Fsp3) is 0.0323. The third kappa shape index (κ3) is 5.59. The largest absolute Gasteiger partial charge is 0.489 e. The molecule has 4 aromatic carbocycles. The number of aromatic nitrogens is 1. The lowest BCUT2D eigenvalue weighted by molar-refractivity contribution is 0.0690. The molecule has 5 rings (SSSR count). The molecule has 0 saturated carbocycles. The standard InChI is InChI=1S/C31H23NO4/c33-31(34)30-20-25(23-11-17-28(18-12-23)36-27-9-5-2-6-10-27)19-29(32-30)24-13-15-26(16-14-24)35-21-22-7-3-1-4-8-22/h1-20H,21H2,(H,33,34). The van der Waals surface area contributed by atoms with E-state index >= 15 is 0 Å². The maximum absolute atomic E-state index is 11.8. The van der Waals surface area contributed by atoms with Crippen LogP contribution >= 0.6 is 0 Å². The minimum Gasteiger partial charge on any atom is -0.489 e. The smallest absolute Gasteiger partial charge is 0.354 e. The van der Waals surface area contributed by atoms with Crippen LogP contribution in [0, 0.1) is 0 Å². The lowest BCUT2D eigenvalue weighted by Crippen LogP contribution is -2.02. The highest BCUT2D eigenvalue weighted by atomic mass is 16.5. The summed E-state index contributed by atoms with van der Waals surface area (Å²) < 4.78 is 11.7. The molecular formula is C31H23NO4. The number of aromatic carboxylic acids is 1. The average Bonchev–Trinajstić information content (AvgIpc) is 2.93. The van der Waals surface area contributed by atoms with Gasteiger partial charge in [0.2, 0.25) is 0 Å². The highest BCUT2D eigenvalue weighted by Crippen LogP contribution is 2.30. The Morgan fingerprint density at radius 1 is 0.639 bits per heavy atom. The maximum Gasteiger partial charge on any atom is 0.354 e. The second-order valence-corrected chi connectivity index (χ2v) is 8.17. The lowest BCUT2D eigenvalue weighted by atomic mass is 10.0. The van der Waals surface area contributed by atoms with Crippen LogP contribution in [0.5, 0.6) is 17.2 Å². The van der Waals surface area contributed by atoms with Gasteiger partial charge in [-0.3, -0.25) is 0 Å². The van der Waals surface area contributed by atoms with E-state index < -0.39 is 5.97 Å². The zero-order valence-electron chi connectivity index (χ0n) is 19.4. The third-order valence-corrected chi connectivity index (χ3v) is 5.61. The number of pyridine rings is 1. The van der Waals surface area contributed by atoms with E-state index in [2.05, 4.69) is 4.98 Å². The first-order chi connectivity index (χ1) is 17.6. The Labute approximate surface area is 209 Å². The average molecular weight is 474 g/mol. The van der Waals surface area contributed by atoms with Crippen LogP contribution in [0.15, 0.2) is 121 Å². The first kappa shape index (κ1) is 22.9. The Morgan fingerprint density at radius 2 is 1.22 bits per heavy atom. The van der Waals surface area contributed by atoms with E-state index in [4.69, 9.17) is 9.47 Å². The van der Waals surface area contributed by atoms with Crippen molar-refractivity contribution in [2.45, 2.75) is 6.61 Å². The van der Waals surface area contributed by atoms with Gasteiger partial charge in [-0.15, -0.1) is 0 Å². The molecule has 5 nitrogen and oxygen atoms in total. The maximum atomic E-state index is 11.8. The van der Waals surface area contributed by atoms with Crippen molar-refractivity contribution in [3.05, 3.63) is 133 Å². The molecule has 5 aromatic rings. The van der Waals surface area contributed by atoms with Gasteiger partial charge in [0, 0.05) is 5.56 Å². The van der Waals surface area contributed by atoms with E-state index in [-0.39, 0.29) is 5.69 Å². The summed E-state index contributed by atoms with van der Waals surface area (Å²) in [6.45, 7) is 0.473. The minimum absolute atomic E-state index is 0.0171. The van der Waals surface area contributed by atoms with Crippen molar-refractivity contribution in [1.29, 1.82) is 0 Å². The highest BCUT2D eigenvalue weighted by molar-refractivity contribution is 5.88. The zero-order valence-corrected chi connectivity index (χ0v) is 19.4. The first-order valence-electron chi connectivity index (χ1n) is 11.5. The van der Waals surface area contributed by atoms with Gasteiger partial charge in [0.05, 0.1) is 5.69 Å². The number of benzene rings is 4. The SMILES string of the molecule is O=C(O)c1cc(-c2ccc(Oc3ccccc3)cc2)cc(-c2ccc(OCc3ccccc3)cc2)n1. The van der Waals surface area contributed by atoms with Gasteiger partial charge < -0.3 is 14.6 Å². The number of carboxylic acid groups (broad SMARTS) is 1. The molecule has 0 fully saturated rings.